The maximum atomic E-state index is 9.29. The maximum absolute atomic E-state index is 9.29. The Kier molecular flexibility index (Phi) is 5.28. The van der Waals surface area contributed by atoms with Gasteiger partial charge in [-0.25, -0.2) is 4.98 Å². The van der Waals surface area contributed by atoms with Crippen molar-refractivity contribution >= 4 is 5.95 Å². The number of hydrogen-bond donors (Lipinski definition) is 2. The standard InChI is InChI=1S/C12H22N4O/c1-5-10-11(6-2)15-16-12(14-10)13-8(3)7-9(4)17/h8-9,17H,5-7H2,1-4H3,(H,13,14,16). The molecule has 0 saturated heterocycles. The lowest BCUT2D eigenvalue weighted by atomic mass is 10.1. The van der Waals surface area contributed by atoms with E-state index in [-0.39, 0.29) is 12.1 Å². The van der Waals surface area contributed by atoms with Crippen LogP contribution in [0.3, 0.4) is 0 Å². The summed E-state index contributed by atoms with van der Waals surface area (Å²) in [5, 5.41) is 20.7. The van der Waals surface area contributed by atoms with Crippen LogP contribution in [0, 0.1) is 0 Å². The van der Waals surface area contributed by atoms with Gasteiger partial charge in [0.15, 0.2) is 0 Å². The first-order valence-corrected chi connectivity index (χ1v) is 6.23. The van der Waals surface area contributed by atoms with Crippen LogP contribution in [-0.4, -0.2) is 32.4 Å². The average molecular weight is 238 g/mol. The van der Waals surface area contributed by atoms with E-state index in [2.05, 4.69) is 27.4 Å². The van der Waals surface area contributed by atoms with Gasteiger partial charge in [0.1, 0.15) is 0 Å². The van der Waals surface area contributed by atoms with Gasteiger partial charge in [-0.2, -0.15) is 5.10 Å². The predicted molar refractivity (Wildman–Crippen MR) is 68.0 cm³/mol. The normalized spacial score (nSPS) is 14.4. The zero-order valence-electron chi connectivity index (χ0n) is 11.1. The minimum Gasteiger partial charge on any atom is -0.393 e. The van der Waals surface area contributed by atoms with Gasteiger partial charge < -0.3 is 10.4 Å². The van der Waals surface area contributed by atoms with Crippen LogP contribution in [0.4, 0.5) is 5.95 Å². The monoisotopic (exact) mass is 238 g/mol. The lowest BCUT2D eigenvalue weighted by molar-refractivity contribution is 0.179. The summed E-state index contributed by atoms with van der Waals surface area (Å²) in [6.07, 6.45) is 2.05. The van der Waals surface area contributed by atoms with Crippen LogP contribution in [0.25, 0.3) is 0 Å². The van der Waals surface area contributed by atoms with Gasteiger partial charge in [-0.15, -0.1) is 5.10 Å². The molecule has 0 aliphatic carbocycles. The van der Waals surface area contributed by atoms with Crippen LogP contribution in [0.1, 0.15) is 45.5 Å². The first-order valence-electron chi connectivity index (χ1n) is 6.23. The molecule has 2 N–H and O–H groups in total. The van der Waals surface area contributed by atoms with Crippen molar-refractivity contribution in [2.24, 2.45) is 0 Å². The molecule has 96 valence electrons. The predicted octanol–water partition coefficient (Wildman–Crippen LogP) is 1.57. The molecule has 1 heterocycles. The zero-order valence-corrected chi connectivity index (χ0v) is 11.1. The van der Waals surface area contributed by atoms with Crippen LogP contribution in [-0.2, 0) is 12.8 Å². The molecule has 1 aromatic heterocycles. The molecule has 0 aliphatic heterocycles. The molecular weight excluding hydrogens is 216 g/mol. The van der Waals surface area contributed by atoms with E-state index in [4.69, 9.17) is 0 Å². The number of aliphatic hydroxyl groups is 1. The summed E-state index contributed by atoms with van der Waals surface area (Å²) in [5.41, 5.74) is 1.95. The number of nitrogens with zero attached hydrogens (tertiary/aromatic N) is 3. The Morgan fingerprint density at radius 3 is 2.29 bits per heavy atom. The van der Waals surface area contributed by atoms with E-state index in [1.54, 1.807) is 6.92 Å². The molecule has 0 saturated carbocycles. The summed E-state index contributed by atoms with van der Waals surface area (Å²) in [6.45, 7) is 7.88. The van der Waals surface area contributed by atoms with E-state index in [9.17, 15) is 5.11 Å². The Balaban J connectivity index is 2.72. The first kappa shape index (κ1) is 13.8. The molecule has 1 rings (SSSR count). The summed E-state index contributed by atoms with van der Waals surface area (Å²) in [7, 11) is 0. The van der Waals surface area contributed by atoms with E-state index >= 15 is 0 Å². The number of aliphatic hydroxyl groups excluding tert-OH is 1. The molecule has 0 bridgehead atoms. The number of nitrogens with one attached hydrogen (secondary N) is 1. The molecule has 0 fully saturated rings. The molecule has 0 aliphatic rings. The molecule has 1 aromatic rings. The third-order valence-corrected chi connectivity index (χ3v) is 2.58. The molecule has 0 amide bonds. The summed E-state index contributed by atoms with van der Waals surface area (Å²) in [5.74, 6) is 0.548. The SMILES string of the molecule is CCc1nnc(NC(C)CC(C)O)nc1CC. The molecule has 5 nitrogen and oxygen atoms in total. The van der Waals surface area contributed by atoms with Gasteiger partial charge in [0.2, 0.25) is 5.95 Å². The van der Waals surface area contributed by atoms with Crippen molar-refractivity contribution in [3.05, 3.63) is 11.4 Å². The third-order valence-electron chi connectivity index (χ3n) is 2.58. The second-order valence-electron chi connectivity index (χ2n) is 4.37. The van der Waals surface area contributed by atoms with Crippen LogP contribution in [0.15, 0.2) is 0 Å². The van der Waals surface area contributed by atoms with Gasteiger partial charge in [-0.3, -0.25) is 0 Å². The number of rotatable bonds is 6. The second-order valence-corrected chi connectivity index (χ2v) is 4.37. The van der Waals surface area contributed by atoms with Crippen LogP contribution < -0.4 is 5.32 Å². The third kappa shape index (κ3) is 4.26. The lowest BCUT2D eigenvalue weighted by Crippen LogP contribution is -2.22. The number of hydrogen-bond acceptors (Lipinski definition) is 5. The lowest BCUT2D eigenvalue weighted by Gasteiger charge is -2.15. The fourth-order valence-corrected chi connectivity index (χ4v) is 1.79. The highest BCUT2D eigenvalue weighted by atomic mass is 16.3. The molecular formula is C12H22N4O. The minimum absolute atomic E-state index is 0.133. The Hall–Kier alpha value is -1.23. The van der Waals surface area contributed by atoms with Crippen molar-refractivity contribution in [1.29, 1.82) is 0 Å². The van der Waals surface area contributed by atoms with Crippen molar-refractivity contribution in [1.82, 2.24) is 15.2 Å². The second kappa shape index (κ2) is 6.49. The fraction of sp³-hybridized carbons (Fsp3) is 0.750. The topological polar surface area (TPSA) is 70.9 Å². The highest BCUT2D eigenvalue weighted by Crippen LogP contribution is 2.09. The summed E-state index contributed by atoms with van der Waals surface area (Å²) < 4.78 is 0. The van der Waals surface area contributed by atoms with Crippen molar-refractivity contribution in [3.63, 3.8) is 0 Å². The van der Waals surface area contributed by atoms with Gasteiger partial charge in [-0.1, -0.05) is 13.8 Å². The van der Waals surface area contributed by atoms with Crippen molar-refractivity contribution < 1.29 is 5.11 Å². The summed E-state index contributed by atoms with van der Waals surface area (Å²) in [6, 6.07) is 0.133. The van der Waals surface area contributed by atoms with Crippen molar-refractivity contribution in [2.45, 2.75) is 59.1 Å². The number of aromatic nitrogens is 3. The fourth-order valence-electron chi connectivity index (χ4n) is 1.79. The highest BCUT2D eigenvalue weighted by molar-refractivity contribution is 5.26. The molecule has 2 atom stereocenters. The Labute approximate surface area is 103 Å². The maximum Gasteiger partial charge on any atom is 0.243 e. The zero-order chi connectivity index (χ0) is 12.8. The Morgan fingerprint density at radius 1 is 1.12 bits per heavy atom. The highest BCUT2D eigenvalue weighted by Gasteiger charge is 2.10. The van der Waals surface area contributed by atoms with E-state index in [0.717, 1.165) is 24.2 Å². The molecule has 0 spiro atoms. The molecule has 5 heteroatoms. The van der Waals surface area contributed by atoms with Gasteiger partial charge in [-0.05, 0) is 33.1 Å². The first-order chi connectivity index (χ1) is 8.06. The van der Waals surface area contributed by atoms with E-state index in [1.165, 1.54) is 0 Å². The quantitative estimate of drug-likeness (QED) is 0.787. The number of aryl methyl sites for hydroxylation is 2. The van der Waals surface area contributed by atoms with Gasteiger partial charge in [0.05, 0.1) is 17.5 Å². The smallest absolute Gasteiger partial charge is 0.243 e. The van der Waals surface area contributed by atoms with Crippen LogP contribution in [0.5, 0.6) is 0 Å². The van der Waals surface area contributed by atoms with Crippen LogP contribution >= 0.6 is 0 Å². The van der Waals surface area contributed by atoms with Gasteiger partial charge >= 0.3 is 0 Å². The van der Waals surface area contributed by atoms with E-state index < -0.39 is 0 Å². The average Bonchev–Trinajstić information content (AvgIpc) is 2.27. The number of anilines is 1. The minimum atomic E-state index is -0.328. The van der Waals surface area contributed by atoms with Crippen LogP contribution in [0.2, 0.25) is 0 Å². The van der Waals surface area contributed by atoms with Gasteiger partial charge in [0, 0.05) is 6.04 Å². The molecule has 2 unspecified atom stereocenters. The Bertz CT molecular complexity index is 354. The summed E-state index contributed by atoms with van der Waals surface area (Å²) >= 11 is 0. The van der Waals surface area contributed by atoms with E-state index in [0.29, 0.717) is 12.4 Å². The summed E-state index contributed by atoms with van der Waals surface area (Å²) in [4.78, 5) is 4.44. The Morgan fingerprint density at radius 2 is 1.76 bits per heavy atom. The van der Waals surface area contributed by atoms with E-state index in [1.807, 2.05) is 13.8 Å². The molecule has 0 radical (unpaired) electrons. The van der Waals surface area contributed by atoms with Gasteiger partial charge in [0.25, 0.3) is 0 Å². The molecule has 0 aromatic carbocycles. The van der Waals surface area contributed by atoms with Crippen molar-refractivity contribution in [3.8, 4) is 0 Å². The van der Waals surface area contributed by atoms with Crippen molar-refractivity contribution in [2.75, 3.05) is 5.32 Å². The molecule has 17 heavy (non-hydrogen) atoms. The largest absolute Gasteiger partial charge is 0.393 e.